The average molecular weight is 306 g/mol. The fourth-order valence-corrected chi connectivity index (χ4v) is 2.30. The molecule has 1 unspecified atom stereocenters. The van der Waals surface area contributed by atoms with Crippen LogP contribution in [0.1, 0.15) is 21.5 Å². The van der Waals surface area contributed by atoms with Crippen LogP contribution in [0.5, 0.6) is 0 Å². The number of Topliss-reactive ketones (excluding diaryl/α,β-unsaturated/α-hetero) is 1. The molecule has 0 heterocycles. The van der Waals surface area contributed by atoms with E-state index in [-0.39, 0.29) is 5.56 Å². The predicted octanol–water partition coefficient (Wildman–Crippen LogP) is 1.67. The fraction of sp³-hybridized carbons (Fsp3) is 0.133. The van der Waals surface area contributed by atoms with Gasteiger partial charge in [-0.15, -0.1) is 0 Å². The van der Waals surface area contributed by atoms with Crippen LogP contribution in [0.25, 0.3) is 0 Å². The molecule has 21 heavy (non-hydrogen) atoms. The Balaban J connectivity index is 2.14. The number of carbonyl (C=O) groups excluding carboxylic acids is 1. The number of ketones is 1. The number of carbonyl (C=O) groups is 1. The third-order valence-electron chi connectivity index (χ3n) is 3.00. The van der Waals surface area contributed by atoms with E-state index in [1.165, 1.54) is 12.1 Å². The van der Waals surface area contributed by atoms with E-state index >= 15 is 0 Å². The van der Waals surface area contributed by atoms with Crippen molar-refractivity contribution in [1.29, 1.82) is 0 Å². The minimum atomic E-state index is -4.80. The summed E-state index contributed by atoms with van der Waals surface area (Å²) in [6.07, 6.45) is 0.677. The van der Waals surface area contributed by atoms with E-state index in [9.17, 15) is 18.3 Å². The number of benzene rings is 2. The molecule has 0 aromatic heterocycles. The van der Waals surface area contributed by atoms with Crippen LogP contribution in [0, 0.1) is 0 Å². The zero-order valence-corrected chi connectivity index (χ0v) is 11.8. The summed E-state index contributed by atoms with van der Waals surface area (Å²) in [4.78, 5) is 11.7. The van der Waals surface area contributed by atoms with Gasteiger partial charge in [0.1, 0.15) is 0 Å². The van der Waals surface area contributed by atoms with Gasteiger partial charge in [-0.05, 0) is 17.5 Å². The topological polar surface area (TPSA) is 91.7 Å². The van der Waals surface area contributed by atoms with Gasteiger partial charge in [0.2, 0.25) is 11.2 Å². The average Bonchev–Trinajstić information content (AvgIpc) is 2.46. The molecule has 0 fully saturated rings. The van der Waals surface area contributed by atoms with Gasteiger partial charge in [0.15, 0.2) is 0 Å². The highest BCUT2D eigenvalue weighted by molar-refractivity contribution is 7.87. The summed E-state index contributed by atoms with van der Waals surface area (Å²) in [7, 11) is -4.80. The highest BCUT2D eigenvalue weighted by Gasteiger charge is 2.28. The van der Waals surface area contributed by atoms with Gasteiger partial charge >= 0.3 is 0 Å². The highest BCUT2D eigenvalue weighted by Crippen LogP contribution is 2.13. The minimum Gasteiger partial charge on any atom is -0.369 e. The molecule has 2 rings (SSSR count). The molecule has 6 heteroatoms. The maximum atomic E-state index is 11.7. The van der Waals surface area contributed by atoms with Crippen LogP contribution in [0.2, 0.25) is 0 Å². The number of hydrogen-bond acceptors (Lipinski definition) is 4. The lowest BCUT2D eigenvalue weighted by Crippen LogP contribution is -2.29. The van der Waals surface area contributed by atoms with Gasteiger partial charge in [-0.2, -0.15) is 8.42 Å². The molecule has 0 aliphatic rings. The minimum absolute atomic E-state index is 0.0249. The summed E-state index contributed by atoms with van der Waals surface area (Å²) in [5.41, 5.74) is -0.372. The second-order valence-electron chi connectivity index (χ2n) is 4.59. The zero-order valence-electron chi connectivity index (χ0n) is 11.0. The Hall–Kier alpha value is -2.02. The fourth-order valence-electron chi connectivity index (χ4n) is 1.90. The van der Waals surface area contributed by atoms with Crippen LogP contribution in [0.3, 0.4) is 0 Å². The van der Waals surface area contributed by atoms with Crippen LogP contribution in [-0.2, 0) is 16.5 Å². The second-order valence-corrected chi connectivity index (χ2v) is 6.07. The largest absolute Gasteiger partial charge is 0.369 e. The number of rotatable bonds is 5. The van der Waals surface area contributed by atoms with Gasteiger partial charge in [0.05, 0.1) is 0 Å². The maximum Gasteiger partial charge on any atom is 0.299 e. The Bertz CT molecular complexity index is 720. The Labute approximate surface area is 122 Å². The Morgan fingerprint density at radius 3 is 2.00 bits per heavy atom. The van der Waals surface area contributed by atoms with Crippen molar-refractivity contribution in [1.82, 2.24) is 0 Å². The molecule has 2 aromatic rings. The molecule has 1 atom stereocenters. The van der Waals surface area contributed by atoms with Crippen molar-refractivity contribution in [2.45, 2.75) is 11.9 Å². The van der Waals surface area contributed by atoms with Crippen molar-refractivity contribution >= 4 is 15.9 Å². The van der Waals surface area contributed by atoms with Gasteiger partial charge in [-0.1, -0.05) is 54.6 Å². The Morgan fingerprint density at radius 1 is 0.952 bits per heavy atom. The normalized spacial score (nSPS) is 12.9. The summed E-state index contributed by atoms with van der Waals surface area (Å²) in [6, 6.07) is 15.9. The van der Waals surface area contributed by atoms with Crippen molar-refractivity contribution in [2.75, 3.05) is 0 Å². The van der Waals surface area contributed by atoms with E-state index in [1.54, 1.807) is 12.1 Å². The zero-order chi connectivity index (χ0) is 15.5. The van der Waals surface area contributed by atoms with Crippen molar-refractivity contribution in [3.8, 4) is 0 Å². The molecule has 5 nitrogen and oxygen atoms in total. The molecular formula is C15H14O5S. The molecule has 0 saturated heterocycles. The summed E-state index contributed by atoms with van der Waals surface area (Å²) in [5, 5.41) is 9.22. The van der Waals surface area contributed by atoms with E-state index in [2.05, 4.69) is 0 Å². The maximum absolute atomic E-state index is 11.7. The standard InChI is InChI=1S/C15H14O5S/c16-14(15(17)21(18,19)20)13-8-6-12(7-9-13)10-11-4-2-1-3-5-11/h1-9,15,17H,10H2,(H,18,19,20). The van der Waals surface area contributed by atoms with Crippen molar-refractivity contribution in [2.24, 2.45) is 0 Å². The van der Waals surface area contributed by atoms with Crippen LogP contribution in [-0.4, -0.2) is 29.3 Å². The number of aliphatic hydroxyl groups is 1. The van der Waals surface area contributed by atoms with Crippen LogP contribution >= 0.6 is 0 Å². The lowest BCUT2D eigenvalue weighted by Gasteiger charge is -2.07. The molecule has 0 aliphatic carbocycles. The first-order valence-electron chi connectivity index (χ1n) is 6.19. The molecular weight excluding hydrogens is 292 g/mol. The number of aliphatic hydroxyl groups excluding tert-OH is 1. The smallest absolute Gasteiger partial charge is 0.299 e. The van der Waals surface area contributed by atoms with Crippen LogP contribution in [0.15, 0.2) is 54.6 Å². The van der Waals surface area contributed by atoms with E-state index in [1.807, 2.05) is 30.3 Å². The van der Waals surface area contributed by atoms with Gasteiger partial charge < -0.3 is 5.11 Å². The first kappa shape index (κ1) is 15.4. The molecule has 2 N–H and O–H groups in total. The predicted molar refractivity (Wildman–Crippen MR) is 77.6 cm³/mol. The summed E-state index contributed by atoms with van der Waals surface area (Å²) in [6.45, 7) is 0. The molecule has 0 bridgehead atoms. The van der Waals surface area contributed by atoms with Gasteiger partial charge in [-0.3, -0.25) is 9.35 Å². The summed E-state index contributed by atoms with van der Waals surface area (Å²) in [5.74, 6) is -1.05. The summed E-state index contributed by atoms with van der Waals surface area (Å²) < 4.78 is 30.1. The Kier molecular flexibility index (Phi) is 4.52. The number of hydrogen-bond donors (Lipinski definition) is 2. The quantitative estimate of drug-likeness (QED) is 0.647. The molecule has 0 radical (unpaired) electrons. The van der Waals surface area contributed by atoms with Crippen molar-refractivity contribution in [3.05, 3.63) is 71.3 Å². The third-order valence-corrected chi connectivity index (χ3v) is 3.77. The van der Waals surface area contributed by atoms with Crippen molar-refractivity contribution in [3.63, 3.8) is 0 Å². The lowest BCUT2D eigenvalue weighted by atomic mass is 10.0. The molecule has 0 spiro atoms. The SMILES string of the molecule is O=C(c1ccc(Cc2ccccc2)cc1)C(O)S(=O)(=O)O. The van der Waals surface area contributed by atoms with Gasteiger partial charge in [0, 0.05) is 5.56 Å². The van der Waals surface area contributed by atoms with E-state index in [4.69, 9.17) is 4.55 Å². The van der Waals surface area contributed by atoms with Crippen LogP contribution in [0.4, 0.5) is 0 Å². The van der Waals surface area contributed by atoms with Gasteiger partial charge in [-0.25, -0.2) is 0 Å². The molecule has 2 aromatic carbocycles. The Morgan fingerprint density at radius 2 is 1.48 bits per heavy atom. The monoisotopic (exact) mass is 306 g/mol. The van der Waals surface area contributed by atoms with E-state index in [0.29, 0.717) is 6.42 Å². The van der Waals surface area contributed by atoms with E-state index < -0.39 is 21.3 Å². The van der Waals surface area contributed by atoms with Crippen LogP contribution < -0.4 is 0 Å². The molecule has 110 valence electrons. The molecule has 0 saturated carbocycles. The van der Waals surface area contributed by atoms with Gasteiger partial charge in [0.25, 0.3) is 10.1 Å². The molecule has 0 aliphatic heterocycles. The first-order valence-corrected chi connectivity index (χ1v) is 7.69. The first-order chi connectivity index (χ1) is 9.88. The van der Waals surface area contributed by atoms with Crippen molar-refractivity contribution < 1.29 is 22.9 Å². The van der Waals surface area contributed by atoms with E-state index in [0.717, 1.165) is 11.1 Å². The third kappa shape index (κ3) is 3.98. The summed E-state index contributed by atoms with van der Waals surface area (Å²) >= 11 is 0. The molecule has 0 amide bonds. The highest BCUT2D eigenvalue weighted by atomic mass is 32.2. The second kappa shape index (κ2) is 6.17. The lowest BCUT2D eigenvalue weighted by molar-refractivity contribution is 0.0848.